The van der Waals surface area contributed by atoms with Gasteiger partial charge in [0.25, 0.3) is 5.91 Å². The predicted octanol–water partition coefficient (Wildman–Crippen LogP) is 2.68. The van der Waals surface area contributed by atoms with Crippen LogP contribution in [0.1, 0.15) is 16.1 Å². The Kier molecular flexibility index (Phi) is 4.98. The van der Waals surface area contributed by atoms with Crippen molar-refractivity contribution in [3.63, 3.8) is 0 Å². The first-order chi connectivity index (χ1) is 11.7. The number of hydrogen-bond donors (Lipinski definition) is 1. The number of hydrogen-bond acceptors (Lipinski definition) is 5. The molecule has 0 unspecified atom stereocenters. The second-order valence-electron chi connectivity index (χ2n) is 5.10. The highest BCUT2D eigenvalue weighted by Crippen LogP contribution is 2.17. The number of hydroxylamine groups is 1. The second kappa shape index (κ2) is 7.52. The van der Waals surface area contributed by atoms with Crippen molar-refractivity contribution < 1.29 is 14.4 Å². The number of nitrogens with one attached hydrogen (secondary N) is 1. The Morgan fingerprint density at radius 2 is 1.62 bits per heavy atom. The fraction of sp³-hybridized carbons (Fsp3) is 0.167. The van der Waals surface area contributed by atoms with Crippen molar-refractivity contribution in [2.45, 2.75) is 6.92 Å². The van der Waals surface area contributed by atoms with E-state index in [1.807, 2.05) is 37.3 Å². The number of nitrogens with zero attached hydrogens (tertiary/aromatic N) is 2. The summed E-state index contributed by atoms with van der Waals surface area (Å²) in [4.78, 5) is 25.8. The van der Waals surface area contributed by atoms with Crippen LogP contribution in [0.4, 0.5) is 0 Å². The number of aromatic nitrogens is 2. The molecule has 1 amide bonds. The van der Waals surface area contributed by atoms with Crippen molar-refractivity contribution in [2.24, 2.45) is 0 Å². The van der Waals surface area contributed by atoms with E-state index < -0.39 is 0 Å². The number of fused-ring (bicyclic) bond motifs is 1. The molecule has 1 aromatic heterocycles. The summed E-state index contributed by atoms with van der Waals surface area (Å²) in [6, 6.07) is 16.5. The summed E-state index contributed by atoms with van der Waals surface area (Å²) < 4.78 is 5.58. The maximum atomic E-state index is 11.8. The maximum Gasteiger partial charge on any atom is 0.274 e. The standard InChI is InChI=1S/C18H17N3O3/c1-13-18(20-16-10-6-5-9-15(16)19-13)23-11-12-24-21-17(22)14-7-3-2-4-8-14/h2-10H,11-12H2,1H3,(H,21,22). The van der Waals surface area contributed by atoms with Crippen molar-refractivity contribution >= 4 is 16.9 Å². The number of ether oxygens (including phenoxy) is 1. The molecular weight excluding hydrogens is 306 g/mol. The SMILES string of the molecule is Cc1nc2ccccc2nc1OCCONC(=O)c1ccccc1. The molecule has 0 aliphatic rings. The number of para-hydroxylation sites is 2. The van der Waals surface area contributed by atoms with E-state index in [1.165, 1.54) is 0 Å². The van der Waals surface area contributed by atoms with Gasteiger partial charge >= 0.3 is 0 Å². The Balaban J connectivity index is 1.48. The number of aryl methyl sites for hydroxylation is 1. The van der Waals surface area contributed by atoms with E-state index in [0.717, 1.165) is 11.0 Å². The van der Waals surface area contributed by atoms with Gasteiger partial charge in [-0.3, -0.25) is 9.63 Å². The lowest BCUT2D eigenvalue weighted by atomic mass is 10.2. The lowest BCUT2D eigenvalue weighted by Crippen LogP contribution is -2.26. The number of rotatable bonds is 6. The van der Waals surface area contributed by atoms with Crippen LogP contribution in [0.3, 0.4) is 0 Å². The summed E-state index contributed by atoms with van der Waals surface area (Å²) in [6.07, 6.45) is 0. The van der Waals surface area contributed by atoms with Gasteiger partial charge in [-0.1, -0.05) is 30.3 Å². The van der Waals surface area contributed by atoms with E-state index in [1.54, 1.807) is 24.3 Å². The van der Waals surface area contributed by atoms with Crippen LogP contribution in [0.5, 0.6) is 5.88 Å². The third-order valence-electron chi connectivity index (χ3n) is 3.33. The molecule has 0 spiro atoms. The molecule has 0 saturated carbocycles. The average Bonchev–Trinajstić information content (AvgIpc) is 2.62. The monoisotopic (exact) mass is 323 g/mol. The summed E-state index contributed by atoms with van der Waals surface area (Å²) >= 11 is 0. The normalized spacial score (nSPS) is 10.5. The van der Waals surface area contributed by atoms with Crippen LogP contribution in [0.2, 0.25) is 0 Å². The lowest BCUT2D eigenvalue weighted by molar-refractivity contribution is 0.0194. The molecule has 122 valence electrons. The summed E-state index contributed by atoms with van der Waals surface area (Å²) in [6.45, 7) is 2.29. The quantitative estimate of drug-likeness (QED) is 0.558. The number of carbonyl (C=O) groups is 1. The van der Waals surface area contributed by atoms with Gasteiger partial charge in [0.15, 0.2) is 0 Å². The molecule has 2 aromatic carbocycles. The van der Waals surface area contributed by atoms with Crippen molar-refractivity contribution in [3.05, 3.63) is 65.9 Å². The minimum Gasteiger partial charge on any atom is -0.474 e. The van der Waals surface area contributed by atoms with Gasteiger partial charge in [-0.15, -0.1) is 0 Å². The molecule has 0 bridgehead atoms. The van der Waals surface area contributed by atoms with Crippen molar-refractivity contribution in [2.75, 3.05) is 13.2 Å². The zero-order valence-corrected chi connectivity index (χ0v) is 13.2. The molecule has 6 nitrogen and oxygen atoms in total. The Morgan fingerprint density at radius 1 is 0.958 bits per heavy atom. The summed E-state index contributed by atoms with van der Waals surface area (Å²) in [5, 5.41) is 0. The van der Waals surface area contributed by atoms with Gasteiger partial charge in [0.1, 0.15) is 18.9 Å². The van der Waals surface area contributed by atoms with Gasteiger partial charge in [0, 0.05) is 5.56 Å². The highest BCUT2D eigenvalue weighted by atomic mass is 16.7. The molecule has 0 aliphatic carbocycles. The van der Waals surface area contributed by atoms with Crippen LogP contribution in [0, 0.1) is 6.92 Å². The fourth-order valence-corrected chi connectivity index (χ4v) is 2.15. The van der Waals surface area contributed by atoms with Crippen molar-refractivity contribution in [1.82, 2.24) is 15.4 Å². The van der Waals surface area contributed by atoms with Crippen LogP contribution in [0.25, 0.3) is 11.0 Å². The first-order valence-corrected chi connectivity index (χ1v) is 7.57. The summed E-state index contributed by atoms with van der Waals surface area (Å²) in [5.41, 5.74) is 5.22. The molecule has 1 heterocycles. The van der Waals surface area contributed by atoms with Crippen LogP contribution in [-0.4, -0.2) is 29.1 Å². The van der Waals surface area contributed by atoms with E-state index in [4.69, 9.17) is 9.57 Å². The predicted molar refractivity (Wildman–Crippen MR) is 89.6 cm³/mol. The fourth-order valence-electron chi connectivity index (χ4n) is 2.15. The highest BCUT2D eigenvalue weighted by molar-refractivity contribution is 5.93. The minimum absolute atomic E-state index is 0.201. The van der Waals surface area contributed by atoms with Crippen LogP contribution in [-0.2, 0) is 4.84 Å². The first-order valence-electron chi connectivity index (χ1n) is 7.57. The van der Waals surface area contributed by atoms with Crippen molar-refractivity contribution in [1.29, 1.82) is 0 Å². The average molecular weight is 323 g/mol. The molecule has 1 N–H and O–H groups in total. The van der Waals surface area contributed by atoms with Gasteiger partial charge in [0.2, 0.25) is 5.88 Å². The topological polar surface area (TPSA) is 73.3 Å². The van der Waals surface area contributed by atoms with Crippen LogP contribution in [0.15, 0.2) is 54.6 Å². The summed E-state index contributed by atoms with van der Waals surface area (Å²) in [7, 11) is 0. The van der Waals surface area contributed by atoms with Gasteiger partial charge in [-0.25, -0.2) is 15.4 Å². The number of benzene rings is 2. The molecule has 0 saturated heterocycles. The Bertz CT molecular complexity index is 837. The minimum atomic E-state index is -0.294. The number of carbonyl (C=O) groups excluding carboxylic acids is 1. The molecular formula is C18H17N3O3. The second-order valence-corrected chi connectivity index (χ2v) is 5.10. The molecule has 24 heavy (non-hydrogen) atoms. The number of amides is 1. The van der Waals surface area contributed by atoms with E-state index in [2.05, 4.69) is 15.4 Å². The first kappa shape index (κ1) is 15.9. The van der Waals surface area contributed by atoms with E-state index in [9.17, 15) is 4.79 Å². The lowest BCUT2D eigenvalue weighted by Gasteiger charge is -2.09. The molecule has 3 rings (SSSR count). The molecule has 0 fully saturated rings. The van der Waals surface area contributed by atoms with Crippen molar-refractivity contribution in [3.8, 4) is 5.88 Å². The molecule has 0 atom stereocenters. The molecule has 0 radical (unpaired) electrons. The molecule has 0 aliphatic heterocycles. The zero-order chi connectivity index (χ0) is 16.8. The van der Waals surface area contributed by atoms with Gasteiger partial charge in [-0.2, -0.15) is 0 Å². The molecule has 6 heteroatoms. The highest BCUT2D eigenvalue weighted by Gasteiger charge is 2.07. The Labute approximate surface area is 139 Å². The van der Waals surface area contributed by atoms with E-state index >= 15 is 0 Å². The Morgan fingerprint density at radius 3 is 2.38 bits per heavy atom. The van der Waals surface area contributed by atoms with E-state index in [0.29, 0.717) is 17.1 Å². The Hall–Kier alpha value is -2.99. The van der Waals surface area contributed by atoms with Gasteiger partial charge in [0.05, 0.1) is 11.0 Å². The van der Waals surface area contributed by atoms with Crippen LogP contribution >= 0.6 is 0 Å². The summed E-state index contributed by atoms with van der Waals surface area (Å²) in [5.74, 6) is 0.170. The van der Waals surface area contributed by atoms with E-state index in [-0.39, 0.29) is 19.1 Å². The van der Waals surface area contributed by atoms with Crippen LogP contribution < -0.4 is 10.2 Å². The third kappa shape index (κ3) is 3.85. The van der Waals surface area contributed by atoms with Gasteiger partial charge < -0.3 is 4.74 Å². The zero-order valence-electron chi connectivity index (χ0n) is 13.2. The van der Waals surface area contributed by atoms with Gasteiger partial charge in [-0.05, 0) is 31.2 Å². The largest absolute Gasteiger partial charge is 0.474 e. The smallest absolute Gasteiger partial charge is 0.274 e. The maximum absolute atomic E-state index is 11.8. The third-order valence-corrected chi connectivity index (χ3v) is 3.33. The molecule has 3 aromatic rings.